The zero-order valence-corrected chi connectivity index (χ0v) is 19.4. The topological polar surface area (TPSA) is 76.9 Å². The Morgan fingerprint density at radius 1 is 1.06 bits per heavy atom. The zero-order valence-electron chi connectivity index (χ0n) is 18.7. The van der Waals surface area contributed by atoms with E-state index in [9.17, 15) is 18.3 Å². The quantitative estimate of drug-likeness (QED) is 0.649. The monoisotopic (exact) mass is 499 g/mol. The number of hydrogen-bond acceptors (Lipinski definition) is 5. The molecule has 2 N–H and O–H groups in total. The van der Waals surface area contributed by atoms with Crippen LogP contribution in [0.1, 0.15) is 31.2 Å². The molecule has 2 fully saturated rings. The number of piperidine rings is 2. The van der Waals surface area contributed by atoms with Gasteiger partial charge < -0.3 is 15.1 Å². The molecule has 0 amide bonds. The predicted octanol–water partition coefficient (Wildman–Crippen LogP) is 4.41. The SMILES string of the molecule is O=C(O)C(F)(F)F.O[C@H]1CCN(C2CCN(c3ccccn3)CC2)[C@@H](Cc2ccc(Cl)cc2)C1. The van der Waals surface area contributed by atoms with Crippen LogP contribution in [0.25, 0.3) is 0 Å². The van der Waals surface area contributed by atoms with E-state index in [4.69, 9.17) is 21.5 Å². The second kappa shape index (κ2) is 11.9. The fourth-order valence-corrected chi connectivity index (χ4v) is 4.72. The van der Waals surface area contributed by atoms with Crippen LogP contribution in [0, 0.1) is 0 Å². The lowest BCUT2D eigenvalue weighted by Crippen LogP contribution is -2.54. The van der Waals surface area contributed by atoms with E-state index in [-0.39, 0.29) is 6.10 Å². The highest BCUT2D eigenvalue weighted by Gasteiger charge is 2.38. The number of aliphatic hydroxyl groups is 1. The average Bonchev–Trinajstić information content (AvgIpc) is 2.81. The molecule has 1 aromatic carbocycles. The van der Waals surface area contributed by atoms with Gasteiger partial charge in [-0.3, -0.25) is 4.90 Å². The summed E-state index contributed by atoms with van der Waals surface area (Å²) < 4.78 is 31.7. The lowest BCUT2D eigenvalue weighted by molar-refractivity contribution is -0.192. The maximum Gasteiger partial charge on any atom is 0.490 e. The number of aliphatic carboxylic acids is 1. The van der Waals surface area contributed by atoms with Gasteiger partial charge in [0, 0.05) is 42.9 Å². The highest BCUT2D eigenvalue weighted by molar-refractivity contribution is 6.30. The Labute approximate surface area is 202 Å². The molecule has 0 saturated carbocycles. The van der Waals surface area contributed by atoms with Crippen LogP contribution in [0.15, 0.2) is 48.7 Å². The summed E-state index contributed by atoms with van der Waals surface area (Å²) in [6, 6.07) is 15.3. The van der Waals surface area contributed by atoms with Gasteiger partial charge in [0.2, 0.25) is 0 Å². The van der Waals surface area contributed by atoms with Crippen molar-refractivity contribution in [3.05, 3.63) is 59.2 Å². The van der Waals surface area contributed by atoms with Gasteiger partial charge in [-0.05, 0) is 61.9 Å². The van der Waals surface area contributed by atoms with E-state index in [2.05, 4.69) is 39.0 Å². The minimum absolute atomic E-state index is 0.174. The van der Waals surface area contributed by atoms with Crippen LogP contribution >= 0.6 is 11.6 Å². The van der Waals surface area contributed by atoms with Crippen molar-refractivity contribution in [2.75, 3.05) is 24.5 Å². The molecular weight excluding hydrogens is 471 g/mol. The molecular formula is C24H29ClF3N3O3. The Kier molecular flexibility index (Phi) is 9.16. The van der Waals surface area contributed by atoms with Gasteiger partial charge in [0.15, 0.2) is 0 Å². The Hall–Kier alpha value is -2.36. The number of alkyl halides is 3. The van der Waals surface area contributed by atoms with Gasteiger partial charge in [-0.15, -0.1) is 0 Å². The van der Waals surface area contributed by atoms with Crippen molar-refractivity contribution in [1.82, 2.24) is 9.88 Å². The summed E-state index contributed by atoms with van der Waals surface area (Å²) in [5.74, 6) is -1.67. The number of nitrogens with zero attached hydrogens (tertiary/aromatic N) is 3. The number of rotatable bonds is 4. The summed E-state index contributed by atoms with van der Waals surface area (Å²) in [6.45, 7) is 3.09. The standard InChI is InChI=1S/C22H28ClN3O.C2HF3O2/c23-18-6-4-17(5-7-18)15-20-16-21(27)10-14-26(20)19-8-12-25(13-9-19)22-3-1-2-11-24-22;3-2(4,5)1(6)7/h1-7,11,19-21,27H,8-10,12-16H2;(H,6,7)/t20-,21-;/m0./s1. The summed E-state index contributed by atoms with van der Waals surface area (Å²) in [5, 5.41) is 18.1. The number of benzene rings is 1. The van der Waals surface area contributed by atoms with E-state index in [1.807, 2.05) is 24.4 Å². The molecule has 4 rings (SSSR count). The van der Waals surface area contributed by atoms with E-state index >= 15 is 0 Å². The van der Waals surface area contributed by atoms with Gasteiger partial charge in [-0.2, -0.15) is 13.2 Å². The van der Waals surface area contributed by atoms with Crippen LogP contribution in [0.5, 0.6) is 0 Å². The van der Waals surface area contributed by atoms with Gasteiger partial charge in [0.05, 0.1) is 6.10 Å². The van der Waals surface area contributed by atoms with Crippen LogP contribution in [-0.4, -0.2) is 70.1 Å². The number of hydrogen-bond donors (Lipinski definition) is 2. The maximum absolute atomic E-state index is 10.6. The molecule has 2 aliphatic rings. The maximum atomic E-state index is 10.6. The number of carbonyl (C=O) groups is 1. The summed E-state index contributed by atoms with van der Waals surface area (Å²) in [6.07, 6.45) is 1.66. The summed E-state index contributed by atoms with van der Waals surface area (Å²) in [5.41, 5.74) is 1.30. The first-order chi connectivity index (χ1) is 16.1. The molecule has 186 valence electrons. The second-order valence-electron chi connectivity index (χ2n) is 8.61. The minimum Gasteiger partial charge on any atom is -0.475 e. The Morgan fingerprint density at radius 2 is 1.71 bits per heavy atom. The molecule has 2 atom stereocenters. The Balaban J connectivity index is 0.000000406. The van der Waals surface area contributed by atoms with Crippen LogP contribution < -0.4 is 4.90 Å². The van der Waals surface area contributed by atoms with Gasteiger partial charge in [-0.25, -0.2) is 9.78 Å². The van der Waals surface area contributed by atoms with Crippen LogP contribution in [0.3, 0.4) is 0 Å². The first-order valence-corrected chi connectivity index (χ1v) is 11.7. The number of halogens is 4. The lowest BCUT2D eigenvalue weighted by atomic mass is 9.90. The number of anilines is 1. The number of likely N-dealkylation sites (tertiary alicyclic amines) is 1. The Morgan fingerprint density at radius 3 is 2.26 bits per heavy atom. The molecule has 6 nitrogen and oxygen atoms in total. The van der Waals surface area contributed by atoms with Crippen LogP contribution in [0.2, 0.25) is 5.02 Å². The van der Waals surface area contributed by atoms with E-state index < -0.39 is 12.1 Å². The number of pyridine rings is 1. The third-order valence-corrected chi connectivity index (χ3v) is 6.52. The highest BCUT2D eigenvalue weighted by Crippen LogP contribution is 2.29. The molecule has 10 heteroatoms. The third-order valence-electron chi connectivity index (χ3n) is 6.27. The van der Waals surface area contributed by atoms with Gasteiger partial charge in [0.25, 0.3) is 0 Å². The molecule has 0 unspecified atom stereocenters. The molecule has 34 heavy (non-hydrogen) atoms. The second-order valence-corrected chi connectivity index (χ2v) is 9.05. The lowest BCUT2D eigenvalue weighted by Gasteiger charge is -2.46. The summed E-state index contributed by atoms with van der Waals surface area (Å²) in [7, 11) is 0. The molecule has 1 aromatic heterocycles. The van der Waals surface area contributed by atoms with Crippen LogP contribution in [0.4, 0.5) is 19.0 Å². The fourth-order valence-electron chi connectivity index (χ4n) is 4.59. The van der Waals surface area contributed by atoms with Crippen molar-refractivity contribution >= 4 is 23.4 Å². The number of aromatic nitrogens is 1. The molecule has 0 radical (unpaired) electrons. The van der Waals surface area contributed by atoms with E-state index in [0.717, 1.165) is 62.6 Å². The van der Waals surface area contributed by atoms with E-state index in [0.29, 0.717) is 12.1 Å². The smallest absolute Gasteiger partial charge is 0.475 e. The average molecular weight is 500 g/mol. The molecule has 2 aliphatic heterocycles. The van der Waals surface area contributed by atoms with Gasteiger partial charge in [-0.1, -0.05) is 29.8 Å². The van der Waals surface area contributed by atoms with Gasteiger partial charge in [0.1, 0.15) is 5.82 Å². The van der Waals surface area contributed by atoms with E-state index in [1.54, 1.807) is 0 Å². The molecule has 2 aromatic rings. The summed E-state index contributed by atoms with van der Waals surface area (Å²) >= 11 is 6.03. The molecule has 0 aliphatic carbocycles. The van der Waals surface area contributed by atoms with Crippen molar-refractivity contribution in [2.24, 2.45) is 0 Å². The first kappa shape index (κ1) is 26.2. The summed E-state index contributed by atoms with van der Waals surface area (Å²) in [4.78, 5) is 18.4. The predicted molar refractivity (Wildman–Crippen MR) is 124 cm³/mol. The number of carboxylic acids is 1. The molecule has 0 bridgehead atoms. The third kappa shape index (κ3) is 7.58. The molecule has 3 heterocycles. The highest BCUT2D eigenvalue weighted by atomic mass is 35.5. The van der Waals surface area contributed by atoms with Crippen molar-refractivity contribution in [1.29, 1.82) is 0 Å². The van der Waals surface area contributed by atoms with Crippen molar-refractivity contribution in [3.63, 3.8) is 0 Å². The zero-order chi connectivity index (χ0) is 24.7. The molecule has 2 saturated heterocycles. The normalized spacial score (nSPS) is 22.1. The van der Waals surface area contributed by atoms with Crippen LogP contribution in [-0.2, 0) is 11.2 Å². The van der Waals surface area contributed by atoms with Crippen molar-refractivity contribution < 1.29 is 28.2 Å². The van der Waals surface area contributed by atoms with E-state index in [1.165, 1.54) is 5.56 Å². The fraction of sp³-hybridized carbons (Fsp3) is 0.500. The Bertz CT molecular complexity index is 907. The number of carboxylic acid groups (broad SMARTS) is 1. The first-order valence-electron chi connectivity index (χ1n) is 11.3. The minimum atomic E-state index is -5.08. The number of aliphatic hydroxyl groups excluding tert-OH is 1. The largest absolute Gasteiger partial charge is 0.490 e. The van der Waals surface area contributed by atoms with Gasteiger partial charge >= 0.3 is 12.1 Å². The van der Waals surface area contributed by atoms with Crippen molar-refractivity contribution in [3.8, 4) is 0 Å². The van der Waals surface area contributed by atoms with Crippen molar-refractivity contribution in [2.45, 2.75) is 56.5 Å². The molecule has 0 spiro atoms.